The number of anilines is 1. The Balaban J connectivity index is 1.92. The van der Waals surface area contributed by atoms with Gasteiger partial charge in [-0.15, -0.1) is 0 Å². The molecule has 1 aromatic heterocycles. The number of carbonyl (C=O) groups excluding carboxylic acids is 1. The van der Waals surface area contributed by atoms with Crippen LogP contribution in [0, 0.1) is 3.57 Å². The molecule has 1 aliphatic heterocycles. The number of nitrogens with zero attached hydrogens (tertiary/aromatic N) is 3. The highest BCUT2D eigenvalue weighted by Crippen LogP contribution is 2.31. The van der Waals surface area contributed by atoms with E-state index in [0.29, 0.717) is 20.6 Å². The van der Waals surface area contributed by atoms with Gasteiger partial charge in [-0.05, 0) is 77.9 Å². The molecule has 0 aliphatic carbocycles. The van der Waals surface area contributed by atoms with Crippen molar-refractivity contribution in [1.82, 2.24) is 4.57 Å². The van der Waals surface area contributed by atoms with Gasteiger partial charge < -0.3 is 9.64 Å². The molecular formula is C25H24IN3O3S. The van der Waals surface area contributed by atoms with Crippen LogP contribution in [0.5, 0.6) is 0 Å². The minimum Gasteiger partial charge on any atom is -0.463 e. The number of ether oxygens (including phenoxy) is 1. The fourth-order valence-electron chi connectivity index (χ4n) is 3.77. The Labute approximate surface area is 209 Å². The fraction of sp³-hybridized carbons (Fsp3) is 0.240. The summed E-state index contributed by atoms with van der Waals surface area (Å²) in [5, 5.41) is 0. The Morgan fingerprint density at radius 2 is 1.85 bits per heavy atom. The summed E-state index contributed by atoms with van der Waals surface area (Å²) in [5.74, 6) is -0.452. The van der Waals surface area contributed by atoms with E-state index in [4.69, 9.17) is 4.74 Å². The van der Waals surface area contributed by atoms with E-state index in [2.05, 4.69) is 27.6 Å². The molecule has 4 rings (SSSR count). The highest BCUT2D eigenvalue weighted by atomic mass is 127. The van der Waals surface area contributed by atoms with Gasteiger partial charge in [0.1, 0.15) is 0 Å². The van der Waals surface area contributed by atoms with Crippen LogP contribution >= 0.6 is 33.9 Å². The Bertz CT molecular complexity index is 1400. The second-order valence-corrected chi connectivity index (χ2v) is 10.1. The highest BCUT2D eigenvalue weighted by molar-refractivity contribution is 14.1. The van der Waals surface area contributed by atoms with Gasteiger partial charge in [-0.2, -0.15) is 0 Å². The van der Waals surface area contributed by atoms with Gasteiger partial charge in [0.25, 0.3) is 5.56 Å². The van der Waals surface area contributed by atoms with E-state index in [1.807, 2.05) is 73.6 Å². The van der Waals surface area contributed by atoms with Crippen LogP contribution in [-0.2, 0) is 9.53 Å². The molecule has 0 saturated heterocycles. The van der Waals surface area contributed by atoms with Crippen molar-refractivity contribution in [2.24, 2.45) is 4.99 Å². The minimum atomic E-state index is -0.601. The van der Waals surface area contributed by atoms with Crippen LogP contribution in [0.3, 0.4) is 0 Å². The zero-order valence-corrected chi connectivity index (χ0v) is 21.8. The predicted molar refractivity (Wildman–Crippen MR) is 140 cm³/mol. The number of thiazole rings is 1. The second-order valence-electron chi connectivity index (χ2n) is 7.84. The largest absolute Gasteiger partial charge is 0.463 e. The number of allylic oxidation sites excluding steroid dienone is 1. The zero-order valence-electron chi connectivity index (χ0n) is 18.8. The van der Waals surface area contributed by atoms with E-state index in [9.17, 15) is 9.59 Å². The van der Waals surface area contributed by atoms with Crippen molar-refractivity contribution in [1.29, 1.82) is 0 Å². The molecule has 0 spiro atoms. The average molecular weight is 573 g/mol. The first kappa shape index (κ1) is 23.4. The van der Waals surface area contributed by atoms with E-state index in [1.54, 1.807) is 18.4 Å². The summed E-state index contributed by atoms with van der Waals surface area (Å²) in [6.45, 7) is 3.81. The number of fused-ring (bicyclic) bond motifs is 1. The predicted octanol–water partition coefficient (Wildman–Crippen LogP) is 3.47. The topological polar surface area (TPSA) is 63.9 Å². The lowest BCUT2D eigenvalue weighted by Crippen LogP contribution is -2.39. The van der Waals surface area contributed by atoms with E-state index in [1.165, 1.54) is 11.3 Å². The normalized spacial score (nSPS) is 15.8. The SMILES string of the molecule is CCOC(=O)C1=C(C)N=c2s/c(=C/c3ccc(I)cc3)c(=O)n2C1c1ccc(N(C)C)cc1. The molecule has 0 N–H and O–H groups in total. The van der Waals surface area contributed by atoms with Gasteiger partial charge in [0.2, 0.25) is 0 Å². The summed E-state index contributed by atoms with van der Waals surface area (Å²) < 4.78 is 8.67. The second kappa shape index (κ2) is 9.64. The number of aromatic nitrogens is 1. The van der Waals surface area contributed by atoms with E-state index >= 15 is 0 Å². The molecule has 6 nitrogen and oxygen atoms in total. The van der Waals surface area contributed by atoms with Gasteiger partial charge in [0, 0.05) is 23.4 Å². The summed E-state index contributed by atoms with van der Waals surface area (Å²) in [5.41, 5.74) is 3.59. The Hall–Kier alpha value is -2.72. The number of esters is 1. The monoisotopic (exact) mass is 573 g/mol. The quantitative estimate of drug-likeness (QED) is 0.347. The molecule has 0 amide bonds. The lowest BCUT2D eigenvalue weighted by Gasteiger charge is -2.25. The van der Waals surface area contributed by atoms with Gasteiger partial charge in [0.05, 0.1) is 28.5 Å². The molecule has 1 unspecified atom stereocenters. The summed E-state index contributed by atoms with van der Waals surface area (Å²) in [6.07, 6.45) is 1.87. The number of hydrogen-bond donors (Lipinski definition) is 0. The third kappa shape index (κ3) is 4.67. The Kier molecular flexibility index (Phi) is 6.85. The number of carbonyl (C=O) groups is 1. The molecule has 33 heavy (non-hydrogen) atoms. The molecule has 2 aromatic carbocycles. The van der Waals surface area contributed by atoms with Crippen LogP contribution in [0.2, 0.25) is 0 Å². The van der Waals surface area contributed by atoms with Crippen molar-refractivity contribution >= 4 is 51.7 Å². The summed E-state index contributed by atoms with van der Waals surface area (Å²) in [6, 6.07) is 15.2. The van der Waals surface area contributed by atoms with Crippen LogP contribution in [0.25, 0.3) is 6.08 Å². The molecule has 170 valence electrons. The highest BCUT2D eigenvalue weighted by Gasteiger charge is 2.33. The molecule has 8 heteroatoms. The van der Waals surface area contributed by atoms with Gasteiger partial charge in [-0.1, -0.05) is 35.6 Å². The maximum atomic E-state index is 13.6. The number of benzene rings is 2. The smallest absolute Gasteiger partial charge is 0.338 e. The number of rotatable bonds is 5. The van der Waals surface area contributed by atoms with E-state index in [0.717, 1.165) is 20.4 Å². The summed E-state index contributed by atoms with van der Waals surface area (Å²) in [4.78, 5) is 33.7. The van der Waals surface area contributed by atoms with Crippen LogP contribution < -0.4 is 19.8 Å². The molecule has 0 bridgehead atoms. The van der Waals surface area contributed by atoms with Crippen molar-refractivity contribution in [2.75, 3.05) is 25.6 Å². The first-order chi connectivity index (χ1) is 15.8. The van der Waals surface area contributed by atoms with Crippen molar-refractivity contribution in [3.63, 3.8) is 0 Å². The first-order valence-corrected chi connectivity index (χ1v) is 12.4. The van der Waals surface area contributed by atoms with Crippen molar-refractivity contribution in [3.8, 4) is 0 Å². The van der Waals surface area contributed by atoms with Crippen molar-refractivity contribution in [3.05, 3.63) is 94.2 Å². The molecular weight excluding hydrogens is 549 g/mol. The molecule has 0 fully saturated rings. The average Bonchev–Trinajstić information content (AvgIpc) is 3.09. The number of halogens is 1. The third-order valence-electron chi connectivity index (χ3n) is 5.41. The van der Waals surface area contributed by atoms with Crippen LogP contribution in [0.1, 0.15) is 31.0 Å². The third-order valence-corrected chi connectivity index (χ3v) is 7.11. The summed E-state index contributed by atoms with van der Waals surface area (Å²) >= 11 is 3.58. The maximum Gasteiger partial charge on any atom is 0.338 e. The molecule has 2 heterocycles. The number of hydrogen-bond acceptors (Lipinski definition) is 6. The maximum absolute atomic E-state index is 13.6. The van der Waals surface area contributed by atoms with E-state index < -0.39 is 12.0 Å². The standard InChI is InChI=1S/C25H24IN3O3S/c1-5-32-24(31)21-15(2)27-25-29(22(21)17-8-12-19(13-9-17)28(3)4)23(30)20(33-25)14-16-6-10-18(26)11-7-16/h6-14,22H,5H2,1-4H3/b20-14+. The minimum absolute atomic E-state index is 0.173. The van der Waals surface area contributed by atoms with Crippen LogP contribution in [0.4, 0.5) is 5.69 Å². The van der Waals surface area contributed by atoms with E-state index in [-0.39, 0.29) is 12.2 Å². The van der Waals surface area contributed by atoms with Gasteiger partial charge >= 0.3 is 5.97 Å². The fourth-order valence-corrected chi connectivity index (χ4v) is 5.18. The molecule has 0 radical (unpaired) electrons. The van der Waals surface area contributed by atoms with Crippen LogP contribution in [-0.4, -0.2) is 31.2 Å². The molecule has 0 saturated carbocycles. The summed E-state index contributed by atoms with van der Waals surface area (Å²) in [7, 11) is 3.94. The lowest BCUT2D eigenvalue weighted by atomic mass is 9.95. The lowest BCUT2D eigenvalue weighted by molar-refractivity contribution is -0.139. The first-order valence-electron chi connectivity index (χ1n) is 10.5. The molecule has 1 atom stereocenters. The van der Waals surface area contributed by atoms with Crippen molar-refractivity contribution < 1.29 is 9.53 Å². The van der Waals surface area contributed by atoms with Crippen molar-refractivity contribution in [2.45, 2.75) is 19.9 Å². The Morgan fingerprint density at radius 1 is 1.18 bits per heavy atom. The van der Waals surface area contributed by atoms with Gasteiger partial charge in [-0.25, -0.2) is 9.79 Å². The zero-order chi connectivity index (χ0) is 23.7. The molecule has 3 aromatic rings. The van der Waals surface area contributed by atoms with Crippen LogP contribution in [0.15, 0.2) is 69.6 Å². The molecule has 1 aliphatic rings. The van der Waals surface area contributed by atoms with Gasteiger partial charge in [-0.3, -0.25) is 9.36 Å². The van der Waals surface area contributed by atoms with Gasteiger partial charge in [0.15, 0.2) is 4.80 Å². The Morgan fingerprint density at radius 3 is 2.45 bits per heavy atom.